The summed E-state index contributed by atoms with van der Waals surface area (Å²) >= 11 is 0. The standard InChI is InChI=1S/C19H19N5O5/c1-12-18(24(27)28)13(2)23(22-12)11-17(25)20-10-14-5-7-15(8-6-14)21-19(26)16-4-3-9-29-16/h3-9H,10-11H2,1-2H3,(H,20,25)(H,21,26). The number of benzene rings is 1. The number of hydrogen-bond acceptors (Lipinski definition) is 6. The predicted molar refractivity (Wildman–Crippen MR) is 103 cm³/mol. The van der Waals surface area contributed by atoms with Crippen LogP contribution in [0.4, 0.5) is 11.4 Å². The van der Waals surface area contributed by atoms with E-state index in [0.717, 1.165) is 5.56 Å². The summed E-state index contributed by atoms with van der Waals surface area (Å²) in [5.74, 6) is -0.457. The molecule has 0 unspecified atom stereocenters. The van der Waals surface area contributed by atoms with Crippen molar-refractivity contribution >= 4 is 23.2 Å². The van der Waals surface area contributed by atoms with Crippen LogP contribution in [0.1, 0.15) is 27.5 Å². The molecule has 10 nitrogen and oxygen atoms in total. The summed E-state index contributed by atoms with van der Waals surface area (Å²) in [5.41, 5.74) is 1.95. The van der Waals surface area contributed by atoms with E-state index in [-0.39, 0.29) is 42.0 Å². The fourth-order valence-electron chi connectivity index (χ4n) is 2.80. The normalized spacial score (nSPS) is 10.6. The van der Waals surface area contributed by atoms with Crippen LogP contribution < -0.4 is 10.6 Å². The third-order valence-electron chi connectivity index (χ3n) is 4.27. The summed E-state index contributed by atoms with van der Waals surface area (Å²) in [6.07, 6.45) is 1.42. The number of rotatable bonds is 7. The van der Waals surface area contributed by atoms with Crippen molar-refractivity contribution in [1.29, 1.82) is 0 Å². The molecule has 2 amide bonds. The fourth-order valence-corrected chi connectivity index (χ4v) is 2.80. The second-order valence-electron chi connectivity index (χ2n) is 6.34. The number of hydrogen-bond donors (Lipinski definition) is 2. The maximum absolute atomic E-state index is 12.2. The van der Waals surface area contributed by atoms with E-state index in [4.69, 9.17) is 4.42 Å². The van der Waals surface area contributed by atoms with Gasteiger partial charge < -0.3 is 15.1 Å². The van der Waals surface area contributed by atoms with Crippen molar-refractivity contribution in [3.63, 3.8) is 0 Å². The van der Waals surface area contributed by atoms with Gasteiger partial charge in [0.15, 0.2) is 5.76 Å². The van der Waals surface area contributed by atoms with E-state index in [1.54, 1.807) is 43.3 Å². The lowest BCUT2D eigenvalue weighted by atomic mass is 10.2. The van der Waals surface area contributed by atoms with Gasteiger partial charge in [-0.1, -0.05) is 12.1 Å². The van der Waals surface area contributed by atoms with Gasteiger partial charge >= 0.3 is 5.69 Å². The number of nitro groups is 1. The number of aryl methyl sites for hydroxylation is 1. The Kier molecular flexibility index (Phi) is 5.72. The summed E-state index contributed by atoms with van der Waals surface area (Å²) in [4.78, 5) is 34.6. The minimum absolute atomic E-state index is 0.0787. The van der Waals surface area contributed by atoms with E-state index in [0.29, 0.717) is 11.4 Å². The van der Waals surface area contributed by atoms with Crippen molar-refractivity contribution in [2.45, 2.75) is 26.9 Å². The molecule has 0 aliphatic heterocycles. The highest BCUT2D eigenvalue weighted by molar-refractivity contribution is 6.02. The Morgan fingerprint density at radius 2 is 1.93 bits per heavy atom. The zero-order valence-electron chi connectivity index (χ0n) is 15.8. The van der Waals surface area contributed by atoms with Crippen LogP contribution in [0, 0.1) is 24.0 Å². The highest BCUT2D eigenvalue weighted by Crippen LogP contribution is 2.21. The number of nitrogens with zero attached hydrogens (tertiary/aromatic N) is 3. The van der Waals surface area contributed by atoms with Gasteiger partial charge in [-0.05, 0) is 43.7 Å². The van der Waals surface area contributed by atoms with Gasteiger partial charge in [0.1, 0.15) is 17.9 Å². The molecule has 0 fully saturated rings. The Morgan fingerprint density at radius 3 is 2.52 bits per heavy atom. The van der Waals surface area contributed by atoms with Crippen molar-refractivity contribution in [3.05, 3.63) is 75.5 Å². The number of carbonyl (C=O) groups excluding carboxylic acids is 2. The maximum atomic E-state index is 12.2. The summed E-state index contributed by atoms with van der Waals surface area (Å²) in [5, 5.41) is 20.5. The Bertz CT molecular complexity index is 1040. The molecule has 2 N–H and O–H groups in total. The first kappa shape index (κ1) is 19.8. The summed E-state index contributed by atoms with van der Waals surface area (Å²) in [7, 11) is 0. The second-order valence-corrected chi connectivity index (χ2v) is 6.34. The molecule has 10 heteroatoms. The molecule has 2 heterocycles. The van der Waals surface area contributed by atoms with E-state index in [9.17, 15) is 19.7 Å². The van der Waals surface area contributed by atoms with Gasteiger partial charge in [-0.2, -0.15) is 5.10 Å². The number of amides is 2. The van der Waals surface area contributed by atoms with Crippen molar-refractivity contribution in [1.82, 2.24) is 15.1 Å². The summed E-state index contributed by atoms with van der Waals surface area (Å²) in [6.45, 7) is 3.25. The van der Waals surface area contributed by atoms with Crippen molar-refractivity contribution < 1.29 is 18.9 Å². The van der Waals surface area contributed by atoms with E-state index in [1.165, 1.54) is 17.9 Å². The van der Waals surface area contributed by atoms with Crippen LogP contribution in [0.5, 0.6) is 0 Å². The van der Waals surface area contributed by atoms with Gasteiger partial charge in [0, 0.05) is 12.2 Å². The first-order valence-electron chi connectivity index (χ1n) is 8.74. The van der Waals surface area contributed by atoms with Gasteiger partial charge in [0.2, 0.25) is 5.91 Å². The second kappa shape index (κ2) is 8.38. The van der Waals surface area contributed by atoms with Gasteiger partial charge in [-0.15, -0.1) is 0 Å². The van der Waals surface area contributed by atoms with E-state index < -0.39 is 4.92 Å². The Balaban J connectivity index is 1.53. The van der Waals surface area contributed by atoms with Crippen LogP contribution in [-0.2, 0) is 17.9 Å². The minimum atomic E-state index is -0.502. The molecule has 0 radical (unpaired) electrons. The van der Waals surface area contributed by atoms with Crippen molar-refractivity contribution in [2.75, 3.05) is 5.32 Å². The molecular weight excluding hydrogens is 378 g/mol. The third-order valence-corrected chi connectivity index (χ3v) is 4.27. The molecule has 0 aliphatic rings. The van der Waals surface area contributed by atoms with Crippen molar-refractivity contribution in [3.8, 4) is 0 Å². The molecule has 3 rings (SSSR count). The van der Waals surface area contributed by atoms with Gasteiger partial charge in [-0.3, -0.25) is 24.4 Å². The van der Waals surface area contributed by atoms with Crippen LogP contribution >= 0.6 is 0 Å². The molecule has 3 aromatic rings. The molecule has 0 atom stereocenters. The topological polar surface area (TPSA) is 132 Å². The van der Waals surface area contributed by atoms with Crippen molar-refractivity contribution in [2.24, 2.45) is 0 Å². The first-order valence-corrected chi connectivity index (χ1v) is 8.74. The van der Waals surface area contributed by atoms with Crippen LogP contribution in [0.3, 0.4) is 0 Å². The van der Waals surface area contributed by atoms with Crippen LogP contribution in [0.25, 0.3) is 0 Å². The molecule has 29 heavy (non-hydrogen) atoms. The third kappa shape index (κ3) is 4.67. The SMILES string of the molecule is Cc1nn(CC(=O)NCc2ccc(NC(=O)c3ccco3)cc2)c(C)c1[N+](=O)[O-]. The van der Waals surface area contributed by atoms with Crippen LogP contribution in [0.15, 0.2) is 47.1 Å². The van der Waals surface area contributed by atoms with Crippen LogP contribution in [0.2, 0.25) is 0 Å². The molecule has 1 aromatic carbocycles. The zero-order valence-corrected chi connectivity index (χ0v) is 15.8. The van der Waals surface area contributed by atoms with Gasteiger partial charge in [0.05, 0.1) is 11.2 Å². The van der Waals surface area contributed by atoms with Crippen LogP contribution in [-0.4, -0.2) is 26.5 Å². The summed E-state index contributed by atoms with van der Waals surface area (Å²) < 4.78 is 6.35. The first-order chi connectivity index (χ1) is 13.8. The highest BCUT2D eigenvalue weighted by Gasteiger charge is 2.22. The molecule has 0 saturated carbocycles. The number of aromatic nitrogens is 2. The average molecular weight is 397 g/mol. The monoisotopic (exact) mass is 397 g/mol. The lowest BCUT2D eigenvalue weighted by Gasteiger charge is -2.08. The predicted octanol–water partition coefficient (Wildman–Crippen LogP) is 2.57. The lowest BCUT2D eigenvalue weighted by molar-refractivity contribution is -0.386. The number of nitrogens with one attached hydrogen (secondary N) is 2. The zero-order chi connectivity index (χ0) is 21.0. The molecule has 0 spiro atoms. The molecule has 0 saturated heterocycles. The molecule has 150 valence electrons. The lowest BCUT2D eigenvalue weighted by Crippen LogP contribution is -2.28. The average Bonchev–Trinajstić information content (AvgIpc) is 3.30. The molecule has 2 aromatic heterocycles. The smallest absolute Gasteiger partial charge is 0.312 e. The Labute approximate surface area is 165 Å². The van der Waals surface area contributed by atoms with E-state index >= 15 is 0 Å². The molecular formula is C19H19N5O5. The largest absolute Gasteiger partial charge is 0.459 e. The Hall–Kier alpha value is -3.95. The number of carbonyl (C=O) groups is 2. The fraction of sp³-hybridized carbons (Fsp3) is 0.211. The minimum Gasteiger partial charge on any atom is -0.459 e. The van der Waals surface area contributed by atoms with E-state index in [1.807, 2.05) is 0 Å². The van der Waals surface area contributed by atoms with Gasteiger partial charge in [0.25, 0.3) is 5.91 Å². The molecule has 0 aliphatic carbocycles. The Morgan fingerprint density at radius 1 is 1.21 bits per heavy atom. The summed E-state index contributed by atoms with van der Waals surface area (Å²) in [6, 6.07) is 10.2. The highest BCUT2D eigenvalue weighted by atomic mass is 16.6. The number of anilines is 1. The van der Waals surface area contributed by atoms with Gasteiger partial charge in [-0.25, -0.2) is 0 Å². The van der Waals surface area contributed by atoms with E-state index in [2.05, 4.69) is 15.7 Å². The maximum Gasteiger partial charge on any atom is 0.312 e. The quantitative estimate of drug-likeness (QED) is 0.465. The number of furan rings is 1. The molecule has 0 bridgehead atoms.